The summed E-state index contributed by atoms with van der Waals surface area (Å²) in [5, 5.41) is 15.6. The highest BCUT2D eigenvalue weighted by atomic mass is 19.1. The van der Waals surface area contributed by atoms with Crippen molar-refractivity contribution in [2.75, 3.05) is 0 Å². The first kappa shape index (κ1) is 16.8. The number of halogens is 2. The third kappa shape index (κ3) is 2.87. The Morgan fingerprint density at radius 2 is 1.86 bits per heavy atom. The van der Waals surface area contributed by atoms with E-state index in [-0.39, 0.29) is 17.3 Å². The van der Waals surface area contributed by atoms with Crippen molar-refractivity contribution in [3.05, 3.63) is 65.2 Å². The fourth-order valence-corrected chi connectivity index (χ4v) is 2.98. The summed E-state index contributed by atoms with van der Waals surface area (Å²) >= 11 is 0. The molecular weight excluding hydrogens is 364 g/mol. The lowest BCUT2D eigenvalue weighted by atomic mass is 10.1. The van der Waals surface area contributed by atoms with Gasteiger partial charge in [0.1, 0.15) is 11.6 Å². The monoisotopic (exact) mass is 379 g/mol. The molecule has 3 N–H and O–H groups in total. The zero-order valence-electron chi connectivity index (χ0n) is 14.6. The Hall–Kier alpha value is -3.39. The molecule has 0 unspecified atom stereocenters. The average Bonchev–Trinajstić information content (AvgIpc) is 3.09. The second-order valence-electron chi connectivity index (χ2n) is 6.94. The number of nitrogens with zero attached hydrogens (tertiary/aromatic N) is 3. The second kappa shape index (κ2) is 6.07. The number of fused-ring (bicyclic) bond motifs is 1. The van der Waals surface area contributed by atoms with Gasteiger partial charge in [-0.05, 0) is 42.7 Å². The largest absolute Gasteiger partial charge is 0.419 e. The maximum Gasteiger partial charge on any atom is 0.250 e. The molecule has 2 heterocycles. The lowest BCUT2D eigenvalue weighted by Crippen LogP contribution is -2.18. The topological polar surface area (TPSA) is 93.6 Å². The summed E-state index contributed by atoms with van der Waals surface area (Å²) in [6, 6.07) is 9.04. The van der Waals surface area contributed by atoms with Gasteiger partial charge in [-0.2, -0.15) is 5.10 Å². The summed E-state index contributed by atoms with van der Waals surface area (Å²) in [5.74, 6) is -0.388. The van der Waals surface area contributed by atoms with Crippen molar-refractivity contribution in [1.82, 2.24) is 20.4 Å². The third-order valence-corrected chi connectivity index (χ3v) is 4.85. The van der Waals surface area contributed by atoms with Crippen molar-refractivity contribution >= 4 is 23.1 Å². The number of hydrogen-bond donors (Lipinski definition) is 2. The number of rotatable bonds is 4. The normalized spacial score (nSPS) is 15.5. The minimum Gasteiger partial charge on any atom is -0.419 e. The molecular formula is C20H15F2N5O. The van der Waals surface area contributed by atoms with Crippen LogP contribution >= 0.6 is 0 Å². The van der Waals surface area contributed by atoms with Gasteiger partial charge in [-0.1, -0.05) is 18.2 Å². The van der Waals surface area contributed by atoms with Crippen molar-refractivity contribution in [2.24, 2.45) is 5.73 Å². The van der Waals surface area contributed by atoms with Crippen LogP contribution in [0.3, 0.4) is 0 Å². The fourth-order valence-electron chi connectivity index (χ4n) is 2.98. The molecule has 0 aliphatic heterocycles. The van der Waals surface area contributed by atoms with Crippen molar-refractivity contribution in [3.8, 4) is 11.5 Å². The molecule has 0 bridgehead atoms. The van der Waals surface area contributed by atoms with Crippen LogP contribution in [0.2, 0.25) is 0 Å². The Morgan fingerprint density at radius 1 is 1.07 bits per heavy atom. The van der Waals surface area contributed by atoms with Gasteiger partial charge in [-0.25, -0.2) is 8.78 Å². The first-order valence-electron chi connectivity index (χ1n) is 8.76. The Labute approximate surface area is 158 Å². The van der Waals surface area contributed by atoms with Gasteiger partial charge in [0.15, 0.2) is 0 Å². The van der Waals surface area contributed by atoms with Crippen LogP contribution in [0.1, 0.15) is 30.0 Å². The van der Waals surface area contributed by atoms with Crippen LogP contribution in [-0.4, -0.2) is 20.4 Å². The summed E-state index contributed by atoms with van der Waals surface area (Å²) < 4.78 is 33.2. The molecule has 1 aliphatic carbocycles. The van der Waals surface area contributed by atoms with E-state index in [9.17, 15) is 8.78 Å². The summed E-state index contributed by atoms with van der Waals surface area (Å²) in [6.45, 7) is 0. The fraction of sp³-hybridized carbons (Fsp3) is 0.150. The zero-order chi connectivity index (χ0) is 19.3. The molecule has 28 heavy (non-hydrogen) atoms. The number of aromatic amines is 1. The number of hydrogen-bond acceptors (Lipinski definition) is 5. The molecule has 1 saturated carbocycles. The van der Waals surface area contributed by atoms with Gasteiger partial charge < -0.3 is 10.2 Å². The Kier molecular flexibility index (Phi) is 3.63. The van der Waals surface area contributed by atoms with Gasteiger partial charge in [0, 0.05) is 11.5 Å². The van der Waals surface area contributed by atoms with Gasteiger partial charge in [0.2, 0.25) is 5.89 Å². The van der Waals surface area contributed by atoms with E-state index in [0.29, 0.717) is 22.5 Å². The SMILES string of the molecule is NC1(c2nnc(-c3cc4c(C=Cc5ccc(F)cc5)n[nH]c4cc3F)o2)CC1. The molecule has 5 rings (SSSR count). The van der Waals surface area contributed by atoms with E-state index in [0.717, 1.165) is 18.4 Å². The maximum absolute atomic E-state index is 14.6. The second-order valence-corrected chi connectivity index (χ2v) is 6.94. The van der Waals surface area contributed by atoms with E-state index in [4.69, 9.17) is 10.2 Å². The van der Waals surface area contributed by atoms with E-state index < -0.39 is 11.4 Å². The standard InChI is InChI=1S/C20H15F2N5O/c21-12-4-1-11(2-5-12)3-6-16-14-9-13(15(22)10-17(14)25-24-16)18-26-27-19(28-18)20(23)7-8-20/h1-6,9-10H,7-8,23H2,(H,24,25). The lowest BCUT2D eigenvalue weighted by molar-refractivity contribution is 0.447. The van der Waals surface area contributed by atoms with Crippen LogP contribution in [0.5, 0.6) is 0 Å². The van der Waals surface area contributed by atoms with Gasteiger partial charge in [0.25, 0.3) is 5.89 Å². The molecule has 6 nitrogen and oxygen atoms in total. The van der Waals surface area contributed by atoms with Crippen LogP contribution in [0, 0.1) is 11.6 Å². The first-order chi connectivity index (χ1) is 13.5. The predicted molar refractivity (Wildman–Crippen MR) is 99.8 cm³/mol. The molecule has 8 heteroatoms. The molecule has 0 radical (unpaired) electrons. The van der Waals surface area contributed by atoms with Gasteiger partial charge in [0.05, 0.1) is 22.3 Å². The summed E-state index contributed by atoms with van der Waals surface area (Å²) in [4.78, 5) is 0. The highest BCUT2D eigenvalue weighted by Gasteiger charge is 2.45. The van der Waals surface area contributed by atoms with Crippen LogP contribution in [-0.2, 0) is 5.54 Å². The van der Waals surface area contributed by atoms with E-state index >= 15 is 0 Å². The smallest absolute Gasteiger partial charge is 0.250 e. The highest BCUT2D eigenvalue weighted by Crippen LogP contribution is 2.42. The molecule has 140 valence electrons. The van der Waals surface area contributed by atoms with Gasteiger partial charge in [-0.15, -0.1) is 10.2 Å². The number of nitrogens with two attached hydrogens (primary N) is 1. The Balaban J connectivity index is 1.53. The first-order valence-corrected chi connectivity index (χ1v) is 8.76. The van der Waals surface area contributed by atoms with E-state index in [1.54, 1.807) is 30.4 Å². The van der Waals surface area contributed by atoms with Crippen molar-refractivity contribution in [3.63, 3.8) is 0 Å². The quantitative estimate of drug-likeness (QED) is 0.559. The van der Waals surface area contributed by atoms with Crippen LogP contribution < -0.4 is 5.73 Å². The molecule has 0 saturated heterocycles. The van der Waals surface area contributed by atoms with E-state index in [2.05, 4.69) is 20.4 Å². The molecule has 4 aromatic rings. The number of H-pyrrole nitrogens is 1. The highest BCUT2D eigenvalue weighted by molar-refractivity contribution is 5.92. The van der Waals surface area contributed by atoms with Crippen LogP contribution in [0.4, 0.5) is 8.78 Å². The Morgan fingerprint density at radius 3 is 2.61 bits per heavy atom. The third-order valence-electron chi connectivity index (χ3n) is 4.85. The van der Waals surface area contributed by atoms with Crippen LogP contribution in [0.25, 0.3) is 34.5 Å². The minimum atomic E-state index is -0.579. The summed E-state index contributed by atoms with van der Waals surface area (Å²) in [6.07, 6.45) is 5.12. The van der Waals surface area contributed by atoms with Gasteiger partial charge >= 0.3 is 0 Å². The predicted octanol–water partition coefficient (Wildman–Crippen LogP) is 4.01. The summed E-state index contributed by atoms with van der Waals surface area (Å²) in [7, 11) is 0. The minimum absolute atomic E-state index is 0.0841. The van der Waals surface area contributed by atoms with E-state index in [1.807, 2.05) is 0 Å². The molecule has 0 atom stereocenters. The number of nitrogens with one attached hydrogen (secondary N) is 1. The molecule has 0 spiro atoms. The number of benzene rings is 2. The summed E-state index contributed by atoms with van der Waals surface area (Å²) in [5.41, 5.74) is 7.64. The lowest BCUT2D eigenvalue weighted by Gasteiger charge is -2.01. The van der Waals surface area contributed by atoms with Gasteiger partial charge in [-0.3, -0.25) is 5.10 Å². The maximum atomic E-state index is 14.6. The zero-order valence-corrected chi connectivity index (χ0v) is 14.6. The van der Waals surface area contributed by atoms with Crippen molar-refractivity contribution < 1.29 is 13.2 Å². The molecule has 1 fully saturated rings. The molecule has 1 aliphatic rings. The molecule has 2 aromatic heterocycles. The van der Waals surface area contributed by atoms with Crippen LogP contribution in [0.15, 0.2) is 40.8 Å². The average molecular weight is 379 g/mol. The van der Waals surface area contributed by atoms with E-state index in [1.165, 1.54) is 18.2 Å². The van der Waals surface area contributed by atoms with Crippen molar-refractivity contribution in [1.29, 1.82) is 0 Å². The number of aromatic nitrogens is 4. The molecule has 2 aromatic carbocycles. The Bertz CT molecular complexity index is 1210. The van der Waals surface area contributed by atoms with Crippen molar-refractivity contribution in [2.45, 2.75) is 18.4 Å². The molecule has 0 amide bonds.